The van der Waals surface area contributed by atoms with Crippen molar-refractivity contribution in [1.29, 1.82) is 0 Å². The van der Waals surface area contributed by atoms with Crippen molar-refractivity contribution in [2.45, 2.75) is 32.3 Å². The van der Waals surface area contributed by atoms with Crippen molar-refractivity contribution in [2.75, 3.05) is 32.7 Å². The lowest BCUT2D eigenvalue weighted by Gasteiger charge is -2.22. The van der Waals surface area contributed by atoms with Gasteiger partial charge in [0.1, 0.15) is 23.6 Å². The number of thiazole rings is 1. The predicted octanol–water partition coefficient (Wildman–Crippen LogP) is -0.0180. The molecule has 0 saturated carbocycles. The third kappa shape index (κ3) is 5.12. The number of carbonyl (C=O) groups is 2. The monoisotopic (exact) mass is 468 g/mol. The van der Waals surface area contributed by atoms with E-state index in [0.717, 1.165) is 0 Å². The van der Waals surface area contributed by atoms with Crippen LogP contribution in [0.1, 0.15) is 20.1 Å². The van der Waals surface area contributed by atoms with Crippen LogP contribution in [0.5, 0.6) is 0 Å². The van der Waals surface area contributed by atoms with Crippen LogP contribution in [-0.2, 0) is 28.5 Å². The molecule has 2 aromatic rings. The lowest BCUT2D eigenvalue weighted by atomic mass is 9.98. The van der Waals surface area contributed by atoms with Crippen LogP contribution in [-0.4, -0.2) is 65.4 Å². The molecule has 1 aliphatic heterocycles. The number of methoxy groups -OCH3 is 1. The second-order valence-electron chi connectivity index (χ2n) is 7.08. The van der Waals surface area contributed by atoms with Crippen LogP contribution in [0, 0.1) is 5.92 Å². The number of rotatable bonds is 9. The van der Waals surface area contributed by atoms with E-state index in [1.165, 1.54) is 31.6 Å². The van der Waals surface area contributed by atoms with E-state index in [4.69, 9.17) is 24.7 Å². The molecule has 0 bridgehead atoms. The van der Waals surface area contributed by atoms with E-state index in [0.29, 0.717) is 17.9 Å². The number of anilines is 1. The zero-order valence-electron chi connectivity index (χ0n) is 17.7. The van der Waals surface area contributed by atoms with Crippen LogP contribution < -0.4 is 16.2 Å². The highest BCUT2D eigenvalue weighted by atomic mass is 32.1. The van der Waals surface area contributed by atoms with Gasteiger partial charge in [0, 0.05) is 14.0 Å². The molecule has 0 spiro atoms. The lowest BCUT2D eigenvalue weighted by molar-refractivity contribution is -0.148. The van der Waals surface area contributed by atoms with Crippen molar-refractivity contribution in [1.82, 2.24) is 14.5 Å². The number of H-pyrrole nitrogens is 1. The predicted molar refractivity (Wildman–Crippen MR) is 114 cm³/mol. The standard InChI is InChI=1S/C19H24N4O8S/c1-9(24)4-5-11-13(29-7-6-28-3)12(8-30-10(2)25)31-17(11)23-15-14(32-19(23)27)16(26)22-18(20)21-15/h4-5,11-13,17H,6-8H2,1-3H3,(H3,20,21,22,26)/b5-4+/t11-,12-,13-,17-/m1/s1. The average molecular weight is 468 g/mol. The number of esters is 1. The first kappa shape index (κ1) is 23.8. The van der Waals surface area contributed by atoms with Crippen LogP contribution >= 0.6 is 11.3 Å². The number of carbonyl (C=O) groups excluding carboxylic acids is 2. The van der Waals surface area contributed by atoms with Gasteiger partial charge in [0.05, 0.1) is 25.2 Å². The van der Waals surface area contributed by atoms with Gasteiger partial charge in [-0.15, -0.1) is 0 Å². The van der Waals surface area contributed by atoms with Gasteiger partial charge in [0.2, 0.25) is 5.95 Å². The van der Waals surface area contributed by atoms with E-state index in [1.807, 2.05) is 0 Å². The van der Waals surface area contributed by atoms with Crippen LogP contribution in [0.15, 0.2) is 21.7 Å². The fraction of sp³-hybridized carbons (Fsp3) is 0.526. The Bertz CT molecular complexity index is 1140. The Labute approximate surface area is 185 Å². The number of hydrogen-bond donors (Lipinski definition) is 2. The van der Waals surface area contributed by atoms with Gasteiger partial charge < -0.3 is 24.7 Å². The first-order valence-corrected chi connectivity index (χ1v) is 10.5. The minimum absolute atomic E-state index is 0.0521. The highest BCUT2D eigenvalue weighted by Crippen LogP contribution is 2.39. The largest absolute Gasteiger partial charge is 0.463 e. The molecule has 0 aromatic carbocycles. The molecule has 1 aliphatic rings. The minimum atomic E-state index is -0.992. The van der Waals surface area contributed by atoms with E-state index < -0.39 is 40.8 Å². The minimum Gasteiger partial charge on any atom is -0.463 e. The van der Waals surface area contributed by atoms with Crippen LogP contribution in [0.2, 0.25) is 0 Å². The second-order valence-corrected chi connectivity index (χ2v) is 8.05. The molecular formula is C19H24N4O8S. The van der Waals surface area contributed by atoms with Crippen LogP contribution in [0.4, 0.5) is 5.95 Å². The molecule has 13 heteroatoms. The van der Waals surface area contributed by atoms with Crippen LogP contribution in [0.3, 0.4) is 0 Å². The molecule has 0 unspecified atom stereocenters. The number of aromatic nitrogens is 3. The topological polar surface area (TPSA) is 165 Å². The number of nitrogens with zero attached hydrogens (tertiary/aromatic N) is 2. The number of ether oxygens (including phenoxy) is 4. The Morgan fingerprint density at radius 2 is 2.06 bits per heavy atom. The summed E-state index contributed by atoms with van der Waals surface area (Å²) in [4.78, 5) is 54.0. The van der Waals surface area contributed by atoms with Gasteiger partial charge in [-0.05, 0) is 13.0 Å². The lowest BCUT2D eigenvalue weighted by Crippen LogP contribution is -2.34. The van der Waals surface area contributed by atoms with Gasteiger partial charge in [-0.3, -0.25) is 28.7 Å². The molecule has 3 rings (SSSR count). The molecule has 0 radical (unpaired) electrons. The number of hydrogen-bond acceptors (Lipinski definition) is 11. The van der Waals surface area contributed by atoms with E-state index in [9.17, 15) is 19.2 Å². The Morgan fingerprint density at radius 3 is 2.72 bits per heavy atom. The third-order valence-corrected chi connectivity index (χ3v) is 5.68. The molecule has 4 atom stereocenters. The summed E-state index contributed by atoms with van der Waals surface area (Å²) in [6.07, 6.45) is 0.476. The van der Waals surface area contributed by atoms with Crippen molar-refractivity contribution >= 4 is 39.4 Å². The van der Waals surface area contributed by atoms with Gasteiger partial charge in [-0.1, -0.05) is 17.4 Å². The zero-order chi connectivity index (χ0) is 23.4. The molecule has 32 heavy (non-hydrogen) atoms. The smallest absolute Gasteiger partial charge is 0.311 e. The summed E-state index contributed by atoms with van der Waals surface area (Å²) in [7, 11) is 1.52. The summed E-state index contributed by atoms with van der Waals surface area (Å²) in [5.74, 6) is -1.53. The van der Waals surface area contributed by atoms with Crippen molar-refractivity contribution in [2.24, 2.45) is 5.92 Å². The maximum absolute atomic E-state index is 12.8. The fourth-order valence-corrected chi connectivity index (χ4v) is 4.27. The summed E-state index contributed by atoms with van der Waals surface area (Å²) >= 11 is 0.698. The quantitative estimate of drug-likeness (QED) is 0.290. The zero-order valence-corrected chi connectivity index (χ0v) is 18.5. The number of nitrogens with one attached hydrogen (secondary N) is 1. The van der Waals surface area contributed by atoms with E-state index in [2.05, 4.69) is 9.97 Å². The van der Waals surface area contributed by atoms with Gasteiger partial charge in [0.15, 0.2) is 11.4 Å². The summed E-state index contributed by atoms with van der Waals surface area (Å²) < 4.78 is 23.5. The van der Waals surface area contributed by atoms with E-state index in [-0.39, 0.29) is 35.3 Å². The molecule has 1 saturated heterocycles. The number of nitrogen functional groups attached to an aromatic ring is 1. The number of ketones is 1. The maximum atomic E-state index is 12.8. The Kier molecular flexibility index (Phi) is 7.56. The van der Waals surface area contributed by atoms with Crippen molar-refractivity contribution in [3.8, 4) is 0 Å². The van der Waals surface area contributed by atoms with Gasteiger partial charge in [-0.25, -0.2) is 0 Å². The normalized spacial score (nSPS) is 23.2. The van der Waals surface area contributed by atoms with Gasteiger partial charge in [0.25, 0.3) is 5.56 Å². The number of aromatic amines is 1. The van der Waals surface area contributed by atoms with Gasteiger partial charge >= 0.3 is 10.8 Å². The molecular weight excluding hydrogens is 444 g/mol. The van der Waals surface area contributed by atoms with E-state index in [1.54, 1.807) is 6.08 Å². The molecule has 3 heterocycles. The van der Waals surface area contributed by atoms with E-state index >= 15 is 0 Å². The summed E-state index contributed by atoms with van der Waals surface area (Å²) in [6.45, 7) is 2.99. The van der Waals surface area contributed by atoms with Crippen molar-refractivity contribution in [3.05, 3.63) is 32.2 Å². The van der Waals surface area contributed by atoms with Crippen LogP contribution in [0.25, 0.3) is 10.3 Å². The second kappa shape index (κ2) is 10.2. The molecule has 0 aliphatic carbocycles. The highest BCUT2D eigenvalue weighted by molar-refractivity contribution is 7.16. The highest BCUT2D eigenvalue weighted by Gasteiger charge is 2.47. The first-order chi connectivity index (χ1) is 15.2. The number of allylic oxidation sites excluding steroid dienone is 1. The summed E-state index contributed by atoms with van der Waals surface area (Å²) in [5, 5.41) is 0. The summed E-state index contributed by atoms with van der Waals surface area (Å²) in [5.41, 5.74) is 5.18. The first-order valence-electron chi connectivity index (χ1n) is 9.72. The van der Waals surface area contributed by atoms with Crippen molar-refractivity contribution < 1.29 is 28.5 Å². The number of fused-ring (bicyclic) bond motifs is 1. The Morgan fingerprint density at radius 1 is 1.31 bits per heavy atom. The molecule has 1 fully saturated rings. The molecule has 0 amide bonds. The third-order valence-electron chi connectivity index (χ3n) is 4.74. The average Bonchev–Trinajstić information content (AvgIpc) is 3.21. The fourth-order valence-electron chi connectivity index (χ4n) is 3.43. The Hall–Kier alpha value is -2.87. The maximum Gasteiger partial charge on any atom is 0.311 e. The number of nitrogens with two attached hydrogens (primary N) is 1. The SMILES string of the molecule is COCCO[C@@H]1[C@@H](/C=C/C(C)=O)[C@H](n2c(=O)sc3c(=O)[nH]c(N)nc32)O[C@@H]1COC(C)=O. The molecule has 3 N–H and O–H groups in total. The molecule has 12 nitrogen and oxygen atoms in total. The summed E-state index contributed by atoms with van der Waals surface area (Å²) in [6, 6.07) is 0. The van der Waals surface area contributed by atoms with Gasteiger partial charge in [-0.2, -0.15) is 4.98 Å². The van der Waals surface area contributed by atoms with Crippen molar-refractivity contribution in [3.63, 3.8) is 0 Å². The Balaban J connectivity index is 2.09. The molecule has 174 valence electrons. The molecule has 2 aromatic heterocycles.